The predicted molar refractivity (Wildman–Crippen MR) is 31.6 cm³/mol. The largest absolute Gasteiger partial charge is 0.374 e. The highest BCUT2D eigenvalue weighted by atomic mass is 16.5. The van der Waals surface area contributed by atoms with E-state index in [9.17, 15) is 4.79 Å². The second-order valence-electron chi connectivity index (χ2n) is 2.03. The highest BCUT2D eigenvalue weighted by Gasteiger charge is 2.20. The summed E-state index contributed by atoms with van der Waals surface area (Å²) in [6.07, 6.45) is 0.690. The number of nitrogens with one attached hydrogen (secondary N) is 1. The molecule has 3 N–H and O–H groups in total. The Balaban J connectivity index is 2.39. The molecule has 1 fully saturated rings. The summed E-state index contributed by atoms with van der Waals surface area (Å²) in [4.78, 5) is 10.8. The van der Waals surface area contributed by atoms with E-state index in [-0.39, 0.29) is 18.4 Å². The van der Waals surface area contributed by atoms with Crippen molar-refractivity contribution in [1.82, 2.24) is 5.43 Å². The van der Waals surface area contributed by atoms with Gasteiger partial charge in [0.15, 0.2) is 5.78 Å². The van der Waals surface area contributed by atoms with Gasteiger partial charge in [0.2, 0.25) is 0 Å². The highest BCUT2D eigenvalue weighted by molar-refractivity contribution is 5.85. The molecule has 9 heavy (non-hydrogen) atoms. The highest BCUT2D eigenvalue weighted by Crippen LogP contribution is 2.00. The van der Waals surface area contributed by atoms with Crippen LogP contribution in [0.2, 0.25) is 0 Å². The molecule has 4 nitrogen and oxygen atoms in total. The first-order valence-electron chi connectivity index (χ1n) is 2.91. The van der Waals surface area contributed by atoms with Crippen LogP contribution in [0.15, 0.2) is 0 Å². The van der Waals surface area contributed by atoms with Gasteiger partial charge < -0.3 is 4.74 Å². The maximum Gasteiger partial charge on any atom is 0.176 e. The summed E-state index contributed by atoms with van der Waals surface area (Å²) in [7, 11) is 0. The van der Waals surface area contributed by atoms with E-state index in [0.29, 0.717) is 13.0 Å². The number of rotatable bonds is 1. The molecule has 0 aromatic heterocycles. The number of nitrogens with two attached hydrogens (primary N) is 1. The molecule has 0 aromatic carbocycles. The van der Waals surface area contributed by atoms with E-state index < -0.39 is 0 Å². The Labute approximate surface area is 53.3 Å². The molecule has 1 saturated heterocycles. The maximum atomic E-state index is 10.8. The molecule has 1 rings (SSSR count). The van der Waals surface area contributed by atoms with Crippen LogP contribution in [-0.4, -0.2) is 25.0 Å². The Hall–Kier alpha value is -0.450. The summed E-state index contributed by atoms with van der Waals surface area (Å²) < 4.78 is 4.87. The molecular formula is C5H10N2O2. The van der Waals surface area contributed by atoms with Crippen molar-refractivity contribution in [2.75, 3.05) is 13.2 Å². The minimum Gasteiger partial charge on any atom is -0.374 e. The van der Waals surface area contributed by atoms with Gasteiger partial charge in [0.05, 0.1) is 6.04 Å². The average Bonchev–Trinajstić information content (AvgIpc) is 1.89. The second-order valence-corrected chi connectivity index (χ2v) is 2.03. The lowest BCUT2D eigenvalue weighted by atomic mass is 10.1. The van der Waals surface area contributed by atoms with Crippen LogP contribution < -0.4 is 11.3 Å². The first-order valence-corrected chi connectivity index (χ1v) is 2.91. The Kier molecular flexibility index (Phi) is 2.16. The number of hydrogen-bond acceptors (Lipinski definition) is 4. The van der Waals surface area contributed by atoms with Crippen LogP contribution in [0.1, 0.15) is 6.42 Å². The van der Waals surface area contributed by atoms with Crippen LogP contribution in [0, 0.1) is 0 Å². The van der Waals surface area contributed by atoms with Gasteiger partial charge in [0, 0.05) is 6.61 Å². The van der Waals surface area contributed by atoms with Crippen LogP contribution in [0.5, 0.6) is 0 Å². The van der Waals surface area contributed by atoms with Crippen LogP contribution in [0.4, 0.5) is 0 Å². The fraction of sp³-hybridized carbons (Fsp3) is 0.800. The van der Waals surface area contributed by atoms with Gasteiger partial charge in [0.25, 0.3) is 0 Å². The van der Waals surface area contributed by atoms with Crippen LogP contribution in [0.3, 0.4) is 0 Å². The number of ketones is 1. The summed E-state index contributed by atoms with van der Waals surface area (Å²) in [6.45, 7) is 0.829. The molecule has 0 spiro atoms. The third-order valence-electron chi connectivity index (χ3n) is 1.39. The molecule has 0 saturated carbocycles. The quantitative estimate of drug-likeness (QED) is 0.346. The minimum absolute atomic E-state index is 0.0451. The van der Waals surface area contributed by atoms with Crippen LogP contribution >= 0.6 is 0 Å². The Morgan fingerprint density at radius 3 is 3.00 bits per heavy atom. The molecule has 4 heteroatoms. The van der Waals surface area contributed by atoms with Crippen molar-refractivity contribution in [3.8, 4) is 0 Å². The molecule has 0 radical (unpaired) electrons. The lowest BCUT2D eigenvalue weighted by Gasteiger charge is -2.19. The zero-order valence-corrected chi connectivity index (χ0v) is 5.09. The standard InChI is InChI=1S/C5H10N2O2/c6-7-4-1-2-9-3-5(4)8/h4,7H,1-3,6H2. The van der Waals surface area contributed by atoms with Crippen molar-refractivity contribution >= 4 is 5.78 Å². The van der Waals surface area contributed by atoms with Gasteiger partial charge >= 0.3 is 0 Å². The molecular weight excluding hydrogens is 120 g/mol. The van der Waals surface area contributed by atoms with Gasteiger partial charge in [-0.1, -0.05) is 0 Å². The van der Waals surface area contributed by atoms with E-state index in [0.717, 1.165) is 0 Å². The van der Waals surface area contributed by atoms with Crippen molar-refractivity contribution in [2.45, 2.75) is 12.5 Å². The first-order chi connectivity index (χ1) is 4.34. The van der Waals surface area contributed by atoms with Gasteiger partial charge in [-0.15, -0.1) is 0 Å². The van der Waals surface area contributed by atoms with E-state index in [1.165, 1.54) is 0 Å². The Bertz CT molecular complexity index is 116. The SMILES string of the molecule is NNC1CCOCC1=O. The van der Waals surface area contributed by atoms with E-state index in [1.54, 1.807) is 0 Å². The summed E-state index contributed by atoms with van der Waals surface area (Å²) >= 11 is 0. The smallest absolute Gasteiger partial charge is 0.176 e. The van der Waals surface area contributed by atoms with E-state index in [1.807, 2.05) is 0 Å². The number of carbonyl (C=O) groups excluding carboxylic acids is 1. The van der Waals surface area contributed by atoms with Gasteiger partial charge in [-0.3, -0.25) is 10.6 Å². The van der Waals surface area contributed by atoms with E-state index in [4.69, 9.17) is 10.6 Å². The zero-order valence-electron chi connectivity index (χ0n) is 5.09. The normalized spacial score (nSPS) is 28.6. The third-order valence-corrected chi connectivity index (χ3v) is 1.39. The van der Waals surface area contributed by atoms with Crippen molar-refractivity contribution in [1.29, 1.82) is 0 Å². The molecule has 0 aliphatic carbocycles. The summed E-state index contributed by atoms with van der Waals surface area (Å²) in [5.74, 6) is 5.11. The third kappa shape index (κ3) is 1.48. The summed E-state index contributed by atoms with van der Waals surface area (Å²) in [5, 5.41) is 0. The number of hydrazine groups is 1. The molecule has 1 atom stereocenters. The molecule has 1 unspecified atom stereocenters. The maximum absolute atomic E-state index is 10.8. The van der Waals surface area contributed by atoms with Gasteiger partial charge in [-0.25, -0.2) is 5.43 Å². The predicted octanol–water partition coefficient (Wildman–Crippen LogP) is -1.19. The Morgan fingerprint density at radius 2 is 2.56 bits per heavy atom. The summed E-state index contributed by atoms with van der Waals surface area (Å²) in [5.41, 5.74) is 2.42. The molecule has 0 aromatic rings. The molecule has 52 valence electrons. The zero-order chi connectivity index (χ0) is 6.69. The molecule has 1 aliphatic rings. The molecule has 0 amide bonds. The summed E-state index contributed by atoms with van der Waals surface area (Å²) in [6, 6.07) is -0.182. The van der Waals surface area contributed by atoms with Crippen molar-refractivity contribution in [2.24, 2.45) is 5.84 Å². The fourth-order valence-electron chi connectivity index (χ4n) is 0.812. The molecule has 1 aliphatic heterocycles. The number of hydrogen-bond donors (Lipinski definition) is 2. The van der Waals surface area contributed by atoms with Crippen molar-refractivity contribution < 1.29 is 9.53 Å². The lowest BCUT2D eigenvalue weighted by Crippen LogP contribution is -2.46. The Morgan fingerprint density at radius 1 is 1.78 bits per heavy atom. The number of Topliss-reactive ketones (excluding diaryl/α,β-unsaturated/α-hetero) is 1. The molecule has 1 heterocycles. The monoisotopic (exact) mass is 130 g/mol. The van der Waals surface area contributed by atoms with Crippen LogP contribution in [0.25, 0.3) is 0 Å². The van der Waals surface area contributed by atoms with Gasteiger partial charge in [0.1, 0.15) is 6.61 Å². The second kappa shape index (κ2) is 2.91. The topological polar surface area (TPSA) is 64.3 Å². The number of ether oxygens (including phenoxy) is 1. The van der Waals surface area contributed by atoms with Crippen molar-refractivity contribution in [3.63, 3.8) is 0 Å². The van der Waals surface area contributed by atoms with E-state index in [2.05, 4.69) is 5.43 Å². The molecule has 0 bridgehead atoms. The van der Waals surface area contributed by atoms with Gasteiger partial charge in [-0.2, -0.15) is 0 Å². The van der Waals surface area contributed by atoms with Crippen molar-refractivity contribution in [3.05, 3.63) is 0 Å². The first kappa shape index (κ1) is 6.67. The van der Waals surface area contributed by atoms with E-state index >= 15 is 0 Å². The van der Waals surface area contributed by atoms with Gasteiger partial charge in [-0.05, 0) is 6.42 Å². The van der Waals surface area contributed by atoms with Crippen LogP contribution in [-0.2, 0) is 9.53 Å². The number of carbonyl (C=O) groups is 1. The fourth-order valence-corrected chi connectivity index (χ4v) is 0.812. The average molecular weight is 130 g/mol. The lowest BCUT2D eigenvalue weighted by molar-refractivity contribution is -0.129. The minimum atomic E-state index is -0.182.